The molecule has 0 N–H and O–H groups in total. The fraction of sp³-hybridized carbons (Fsp3) is 0.125. The van der Waals surface area contributed by atoms with Crippen LogP contribution in [0.5, 0.6) is 0 Å². The summed E-state index contributed by atoms with van der Waals surface area (Å²) in [7, 11) is 0. The lowest BCUT2D eigenvalue weighted by atomic mass is 10.1. The Morgan fingerprint density at radius 3 is 2.47 bits per heavy atom. The zero-order chi connectivity index (χ0) is 20.7. The van der Waals surface area contributed by atoms with Crippen molar-refractivity contribution in [2.75, 3.05) is 0 Å². The summed E-state index contributed by atoms with van der Waals surface area (Å²) in [5.41, 5.74) is 5.51. The van der Waals surface area contributed by atoms with E-state index in [9.17, 15) is 4.79 Å². The Morgan fingerprint density at radius 2 is 1.67 bits per heavy atom. The topological polar surface area (TPSA) is 52.2 Å². The van der Waals surface area contributed by atoms with E-state index in [0.717, 1.165) is 28.2 Å². The molecule has 5 nitrogen and oxygen atoms in total. The van der Waals surface area contributed by atoms with Gasteiger partial charge in [0.05, 0.1) is 22.3 Å². The number of aryl methyl sites for hydroxylation is 2. The number of thioether (sulfide) groups is 1. The highest BCUT2D eigenvalue weighted by atomic mass is 32.2. The molecule has 0 atom stereocenters. The Balaban J connectivity index is 1.65. The molecule has 0 aliphatic carbocycles. The Kier molecular flexibility index (Phi) is 4.64. The fourth-order valence-electron chi connectivity index (χ4n) is 3.76. The number of imidazole rings is 1. The van der Waals surface area contributed by atoms with Crippen molar-refractivity contribution in [1.82, 2.24) is 18.9 Å². The third-order valence-corrected chi connectivity index (χ3v) is 6.14. The second kappa shape index (κ2) is 7.46. The summed E-state index contributed by atoms with van der Waals surface area (Å²) in [5.74, 6) is 0.622. The molecule has 3 aromatic heterocycles. The average Bonchev–Trinajstić information content (AvgIpc) is 3.17. The molecule has 0 saturated carbocycles. The third-order valence-electron chi connectivity index (χ3n) is 5.17. The molecule has 0 unspecified atom stereocenters. The van der Waals surface area contributed by atoms with E-state index in [0.29, 0.717) is 21.8 Å². The van der Waals surface area contributed by atoms with E-state index in [4.69, 9.17) is 4.98 Å². The largest absolute Gasteiger partial charge is 0.307 e. The molecule has 0 spiro atoms. The van der Waals surface area contributed by atoms with Crippen molar-refractivity contribution in [2.45, 2.75) is 24.8 Å². The molecular weight excluding hydrogens is 392 g/mol. The first-order chi connectivity index (χ1) is 14.6. The van der Waals surface area contributed by atoms with Crippen LogP contribution in [0.3, 0.4) is 0 Å². The maximum atomic E-state index is 13.5. The van der Waals surface area contributed by atoms with Crippen LogP contribution in [-0.2, 0) is 5.75 Å². The molecule has 6 heteroatoms. The summed E-state index contributed by atoms with van der Waals surface area (Å²) in [4.78, 5) is 23.0. The number of hydrogen-bond acceptors (Lipinski definition) is 4. The number of fused-ring (bicyclic) bond motifs is 2. The zero-order valence-corrected chi connectivity index (χ0v) is 17.6. The number of aromatic nitrogens is 4. The SMILES string of the molecule is Cc1cccc(C)c1-n1c(SCc2cn3ccccc3n2)nc2ccccc2c1=O. The summed E-state index contributed by atoms with van der Waals surface area (Å²) in [6.07, 6.45) is 4.00. The van der Waals surface area contributed by atoms with Crippen LogP contribution >= 0.6 is 11.8 Å². The lowest BCUT2D eigenvalue weighted by molar-refractivity contribution is 0.808. The predicted molar refractivity (Wildman–Crippen MR) is 122 cm³/mol. The smallest absolute Gasteiger partial charge is 0.266 e. The van der Waals surface area contributed by atoms with E-state index in [1.54, 1.807) is 4.57 Å². The summed E-state index contributed by atoms with van der Waals surface area (Å²) < 4.78 is 3.76. The molecule has 0 fully saturated rings. The minimum absolute atomic E-state index is 0.0458. The van der Waals surface area contributed by atoms with Gasteiger partial charge in [-0.3, -0.25) is 9.36 Å². The summed E-state index contributed by atoms with van der Waals surface area (Å²) in [6, 6.07) is 19.5. The van der Waals surface area contributed by atoms with Crippen LogP contribution in [0.1, 0.15) is 16.8 Å². The minimum Gasteiger partial charge on any atom is -0.307 e. The first-order valence-corrected chi connectivity index (χ1v) is 10.7. The van der Waals surface area contributed by atoms with E-state index in [-0.39, 0.29) is 5.56 Å². The lowest BCUT2D eigenvalue weighted by Gasteiger charge is -2.17. The highest BCUT2D eigenvalue weighted by molar-refractivity contribution is 7.98. The van der Waals surface area contributed by atoms with E-state index in [1.807, 2.05) is 91.3 Å². The van der Waals surface area contributed by atoms with Gasteiger partial charge in [-0.05, 0) is 49.2 Å². The lowest BCUT2D eigenvalue weighted by Crippen LogP contribution is -2.23. The Hall–Kier alpha value is -3.38. The van der Waals surface area contributed by atoms with Crippen LogP contribution in [0.15, 0.2) is 83.0 Å². The van der Waals surface area contributed by atoms with Gasteiger partial charge in [-0.25, -0.2) is 9.97 Å². The summed E-state index contributed by atoms with van der Waals surface area (Å²) in [6.45, 7) is 4.06. The minimum atomic E-state index is -0.0458. The highest BCUT2D eigenvalue weighted by Crippen LogP contribution is 2.27. The number of hydrogen-bond donors (Lipinski definition) is 0. The number of pyridine rings is 1. The summed E-state index contributed by atoms with van der Waals surface area (Å²) in [5, 5.41) is 1.30. The second-order valence-corrected chi connectivity index (χ2v) is 8.22. The highest BCUT2D eigenvalue weighted by Gasteiger charge is 2.17. The first kappa shape index (κ1) is 18.6. The third kappa shape index (κ3) is 3.19. The second-order valence-electron chi connectivity index (χ2n) is 7.28. The fourth-order valence-corrected chi connectivity index (χ4v) is 4.64. The van der Waals surface area contributed by atoms with Crippen LogP contribution in [0.2, 0.25) is 0 Å². The molecule has 0 amide bonds. The van der Waals surface area contributed by atoms with Gasteiger partial charge in [0.15, 0.2) is 5.16 Å². The van der Waals surface area contributed by atoms with Crippen molar-refractivity contribution in [3.63, 3.8) is 0 Å². The van der Waals surface area contributed by atoms with Crippen molar-refractivity contribution in [2.24, 2.45) is 0 Å². The van der Waals surface area contributed by atoms with Crippen molar-refractivity contribution in [3.8, 4) is 5.69 Å². The van der Waals surface area contributed by atoms with Crippen LogP contribution in [-0.4, -0.2) is 18.9 Å². The van der Waals surface area contributed by atoms with Crippen molar-refractivity contribution in [1.29, 1.82) is 0 Å². The van der Waals surface area contributed by atoms with Crippen molar-refractivity contribution < 1.29 is 0 Å². The molecule has 3 heterocycles. The quantitative estimate of drug-likeness (QED) is 0.310. The van der Waals surface area contributed by atoms with E-state index in [1.165, 1.54) is 11.8 Å². The molecule has 0 aliphatic heterocycles. The van der Waals surface area contributed by atoms with Crippen LogP contribution in [0.25, 0.3) is 22.2 Å². The molecular formula is C24H20N4OS. The van der Waals surface area contributed by atoms with E-state index < -0.39 is 0 Å². The van der Waals surface area contributed by atoms with Gasteiger partial charge in [0.1, 0.15) is 5.65 Å². The van der Waals surface area contributed by atoms with Gasteiger partial charge in [-0.1, -0.05) is 48.2 Å². The zero-order valence-electron chi connectivity index (χ0n) is 16.7. The number of benzene rings is 2. The molecule has 5 aromatic rings. The number of nitrogens with zero attached hydrogens (tertiary/aromatic N) is 4. The summed E-state index contributed by atoms with van der Waals surface area (Å²) >= 11 is 1.53. The normalized spacial score (nSPS) is 11.4. The molecule has 5 rings (SSSR count). The van der Waals surface area contributed by atoms with Gasteiger partial charge in [-0.15, -0.1) is 0 Å². The van der Waals surface area contributed by atoms with Crippen LogP contribution in [0, 0.1) is 13.8 Å². The van der Waals surface area contributed by atoms with E-state index in [2.05, 4.69) is 4.98 Å². The van der Waals surface area contributed by atoms with Crippen molar-refractivity contribution in [3.05, 3.63) is 100 Å². The Labute approximate surface area is 178 Å². The molecule has 148 valence electrons. The van der Waals surface area contributed by atoms with E-state index >= 15 is 0 Å². The molecule has 0 bridgehead atoms. The predicted octanol–water partition coefficient (Wildman–Crippen LogP) is 4.94. The molecule has 0 radical (unpaired) electrons. The molecule has 0 saturated heterocycles. The number of rotatable bonds is 4. The van der Waals surface area contributed by atoms with Crippen LogP contribution < -0.4 is 5.56 Å². The van der Waals surface area contributed by atoms with Gasteiger partial charge in [-0.2, -0.15) is 0 Å². The standard InChI is InChI=1S/C24H20N4OS/c1-16-8-7-9-17(2)22(16)28-23(29)19-10-3-4-11-20(19)26-24(28)30-15-18-14-27-13-6-5-12-21(27)25-18/h3-14H,15H2,1-2H3. The van der Waals surface area contributed by atoms with Gasteiger partial charge in [0, 0.05) is 18.1 Å². The first-order valence-electron chi connectivity index (χ1n) is 9.75. The van der Waals surface area contributed by atoms with Gasteiger partial charge in [0.25, 0.3) is 5.56 Å². The van der Waals surface area contributed by atoms with Gasteiger partial charge in [0.2, 0.25) is 0 Å². The maximum Gasteiger partial charge on any atom is 0.266 e. The molecule has 2 aromatic carbocycles. The number of para-hydroxylation sites is 2. The Bertz CT molecular complexity index is 1400. The van der Waals surface area contributed by atoms with Crippen LogP contribution in [0.4, 0.5) is 0 Å². The molecule has 30 heavy (non-hydrogen) atoms. The van der Waals surface area contributed by atoms with Gasteiger partial charge >= 0.3 is 0 Å². The maximum absolute atomic E-state index is 13.5. The monoisotopic (exact) mass is 412 g/mol. The molecule has 0 aliphatic rings. The Morgan fingerprint density at radius 1 is 0.900 bits per heavy atom. The van der Waals surface area contributed by atoms with Gasteiger partial charge < -0.3 is 4.40 Å². The van der Waals surface area contributed by atoms with Crippen molar-refractivity contribution >= 4 is 28.3 Å². The average molecular weight is 413 g/mol.